The number of ether oxygens (including phenoxy) is 3. The van der Waals surface area contributed by atoms with Gasteiger partial charge >= 0.3 is 0 Å². The number of hydrogen-bond acceptors (Lipinski definition) is 8. The number of likely N-dealkylation sites (N-methyl/N-ethyl adjacent to an activating group) is 1. The van der Waals surface area contributed by atoms with Crippen LogP contribution in [0.25, 0.3) is 0 Å². The zero-order valence-electron chi connectivity index (χ0n) is 16.0. The molecule has 0 saturated carbocycles. The lowest BCUT2D eigenvalue weighted by atomic mass is 10.3. The zero-order chi connectivity index (χ0) is 19.6. The maximum absolute atomic E-state index is 5.90. The molecule has 0 unspecified atom stereocenters. The predicted molar refractivity (Wildman–Crippen MR) is 111 cm³/mol. The van der Waals surface area contributed by atoms with Crippen molar-refractivity contribution in [3.8, 4) is 17.2 Å². The van der Waals surface area contributed by atoms with Crippen LogP contribution in [0.1, 0.15) is 0 Å². The molecule has 0 amide bonds. The van der Waals surface area contributed by atoms with E-state index >= 15 is 0 Å². The number of nitrogens with one attached hydrogen (secondary N) is 1. The Kier molecular flexibility index (Phi) is 7.60. The summed E-state index contributed by atoms with van der Waals surface area (Å²) in [6.07, 6.45) is 3.39. The van der Waals surface area contributed by atoms with Gasteiger partial charge in [-0.05, 0) is 26.2 Å². The van der Waals surface area contributed by atoms with E-state index in [-0.39, 0.29) is 0 Å². The monoisotopic (exact) mass is 400 g/mol. The Morgan fingerprint density at radius 3 is 2.64 bits per heavy atom. The molecular weight excluding hydrogens is 376 g/mol. The van der Waals surface area contributed by atoms with E-state index in [0.717, 1.165) is 17.4 Å². The quantitative estimate of drug-likeness (QED) is 0.487. The van der Waals surface area contributed by atoms with Gasteiger partial charge in [-0.1, -0.05) is 18.2 Å². The summed E-state index contributed by atoms with van der Waals surface area (Å²) in [4.78, 5) is 10.8. The largest absolute Gasteiger partial charge is 0.487 e. The second kappa shape index (κ2) is 10.6. The maximum atomic E-state index is 5.90. The van der Waals surface area contributed by atoms with Crippen LogP contribution in [0.3, 0.4) is 0 Å². The van der Waals surface area contributed by atoms with E-state index < -0.39 is 0 Å². The van der Waals surface area contributed by atoms with Gasteiger partial charge in [0.2, 0.25) is 0 Å². The minimum absolute atomic E-state index is 0.413. The topological polar surface area (TPSA) is 68.7 Å². The number of para-hydroxylation sites is 1. The SMILES string of the molecule is CN(C)CCOCCOc1cc(Oc2ccccc2)cnc1Nc1nccs1. The fourth-order valence-corrected chi connectivity index (χ4v) is 2.79. The predicted octanol–water partition coefficient (Wildman–Crippen LogP) is 4.03. The molecule has 2 aromatic heterocycles. The van der Waals surface area contributed by atoms with Gasteiger partial charge in [0, 0.05) is 24.2 Å². The van der Waals surface area contributed by atoms with Crippen molar-refractivity contribution in [2.75, 3.05) is 45.8 Å². The van der Waals surface area contributed by atoms with Crippen molar-refractivity contribution < 1.29 is 14.2 Å². The molecule has 148 valence electrons. The van der Waals surface area contributed by atoms with Gasteiger partial charge < -0.3 is 24.4 Å². The standard InChI is InChI=1S/C20H24N4O3S/c1-24(2)9-10-25-11-12-26-18-14-17(27-16-6-4-3-5-7-16)15-22-19(18)23-20-21-8-13-28-20/h3-8,13-15H,9-12H2,1-2H3,(H,21,22,23). The molecule has 1 aromatic carbocycles. The molecule has 28 heavy (non-hydrogen) atoms. The van der Waals surface area contributed by atoms with Crippen LogP contribution in [0.2, 0.25) is 0 Å². The third-order valence-corrected chi connectivity index (χ3v) is 4.32. The number of anilines is 2. The van der Waals surface area contributed by atoms with Crippen LogP contribution in [0.4, 0.5) is 10.9 Å². The Labute approximate surface area is 168 Å². The van der Waals surface area contributed by atoms with E-state index in [0.29, 0.717) is 37.1 Å². The van der Waals surface area contributed by atoms with Gasteiger partial charge in [-0.2, -0.15) is 0 Å². The van der Waals surface area contributed by atoms with Crippen LogP contribution >= 0.6 is 11.3 Å². The molecule has 0 atom stereocenters. The molecule has 2 heterocycles. The molecule has 0 aliphatic carbocycles. The van der Waals surface area contributed by atoms with Gasteiger partial charge in [-0.3, -0.25) is 0 Å². The molecule has 0 saturated heterocycles. The Bertz CT molecular complexity index is 829. The molecule has 8 heteroatoms. The van der Waals surface area contributed by atoms with E-state index in [2.05, 4.69) is 20.2 Å². The normalized spacial score (nSPS) is 10.8. The van der Waals surface area contributed by atoms with Crippen LogP contribution in [-0.2, 0) is 4.74 Å². The van der Waals surface area contributed by atoms with E-state index in [1.54, 1.807) is 12.4 Å². The molecule has 0 fully saturated rings. The lowest BCUT2D eigenvalue weighted by Gasteiger charge is -2.14. The zero-order valence-corrected chi connectivity index (χ0v) is 16.8. The van der Waals surface area contributed by atoms with Crippen LogP contribution in [0.5, 0.6) is 17.2 Å². The van der Waals surface area contributed by atoms with Crippen molar-refractivity contribution in [1.29, 1.82) is 0 Å². The third-order valence-electron chi connectivity index (χ3n) is 3.63. The molecule has 0 bridgehead atoms. The Morgan fingerprint density at radius 1 is 1.04 bits per heavy atom. The van der Waals surface area contributed by atoms with Crippen molar-refractivity contribution in [3.63, 3.8) is 0 Å². The maximum Gasteiger partial charge on any atom is 0.188 e. The van der Waals surface area contributed by atoms with Gasteiger partial charge in [0.05, 0.1) is 19.4 Å². The third kappa shape index (κ3) is 6.49. The first-order valence-electron chi connectivity index (χ1n) is 8.95. The number of pyridine rings is 1. The number of thiazole rings is 1. The highest BCUT2D eigenvalue weighted by Crippen LogP contribution is 2.31. The first-order valence-corrected chi connectivity index (χ1v) is 9.83. The van der Waals surface area contributed by atoms with Crippen molar-refractivity contribution in [1.82, 2.24) is 14.9 Å². The first kappa shape index (κ1) is 20.1. The lowest BCUT2D eigenvalue weighted by molar-refractivity contribution is 0.0890. The summed E-state index contributed by atoms with van der Waals surface area (Å²) < 4.78 is 17.4. The van der Waals surface area contributed by atoms with Crippen LogP contribution in [0.15, 0.2) is 54.2 Å². The minimum Gasteiger partial charge on any atom is -0.487 e. The summed E-state index contributed by atoms with van der Waals surface area (Å²) in [6.45, 7) is 2.44. The van der Waals surface area contributed by atoms with Crippen molar-refractivity contribution >= 4 is 22.3 Å². The van der Waals surface area contributed by atoms with E-state index in [1.165, 1.54) is 11.3 Å². The first-order chi connectivity index (χ1) is 13.7. The second-order valence-corrected chi connectivity index (χ2v) is 7.05. The number of rotatable bonds is 11. The van der Waals surface area contributed by atoms with Crippen LogP contribution in [-0.4, -0.2) is 55.3 Å². The van der Waals surface area contributed by atoms with E-state index in [4.69, 9.17) is 14.2 Å². The minimum atomic E-state index is 0.413. The Morgan fingerprint density at radius 2 is 1.89 bits per heavy atom. The molecule has 3 rings (SSSR count). The lowest BCUT2D eigenvalue weighted by Crippen LogP contribution is -2.19. The average molecular weight is 401 g/mol. The van der Waals surface area contributed by atoms with Crippen molar-refractivity contribution in [3.05, 3.63) is 54.2 Å². The highest BCUT2D eigenvalue weighted by Gasteiger charge is 2.10. The van der Waals surface area contributed by atoms with Gasteiger partial charge in [-0.15, -0.1) is 11.3 Å². The summed E-state index contributed by atoms with van der Waals surface area (Å²) in [5, 5.41) is 5.82. The highest BCUT2D eigenvalue weighted by molar-refractivity contribution is 7.13. The number of benzene rings is 1. The second-order valence-electron chi connectivity index (χ2n) is 6.16. The van der Waals surface area contributed by atoms with Gasteiger partial charge in [0.15, 0.2) is 16.7 Å². The molecule has 0 aliphatic heterocycles. The molecule has 0 radical (unpaired) electrons. The molecule has 7 nitrogen and oxygen atoms in total. The van der Waals surface area contributed by atoms with E-state index in [9.17, 15) is 0 Å². The van der Waals surface area contributed by atoms with Crippen molar-refractivity contribution in [2.45, 2.75) is 0 Å². The van der Waals surface area contributed by atoms with Crippen LogP contribution < -0.4 is 14.8 Å². The van der Waals surface area contributed by atoms with Crippen molar-refractivity contribution in [2.24, 2.45) is 0 Å². The van der Waals surface area contributed by atoms with E-state index in [1.807, 2.05) is 55.9 Å². The molecule has 0 aliphatic rings. The molecule has 3 aromatic rings. The van der Waals surface area contributed by atoms with Gasteiger partial charge in [0.25, 0.3) is 0 Å². The molecule has 0 spiro atoms. The number of hydrogen-bond donors (Lipinski definition) is 1. The highest BCUT2D eigenvalue weighted by atomic mass is 32.1. The van der Waals surface area contributed by atoms with Crippen LogP contribution in [0, 0.1) is 0 Å². The molecular formula is C20H24N4O3S. The fraction of sp³-hybridized carbons (Fsp3) is 0.300. The average Bonchev–Trinajstić information content (AvgIpc) is 3.20. The fourth-order valence-electron chi connectivity index (χ4n) is 2.26. The Balaban J connectivity index is 1.65. The van der Waals surface area contributed by atoms with Gasteiger partial charge in [0.1, 0.15) is 18.1 Å². The summed E-state index contributed by atoms with van der Waals surface area (Å²) in [5.74, 6) is 2.51. The number of aromatic nitrogens is 2. The summed E-state index contributed by atoms with van der Waals surface area (Å²) in [6, 6.07) is 11.4. The Hall–Kier alpha value is -2.68. The number of nitrogens with zero attached hydrogens (tertiary/aromatic N) is 3. The molecule has 1 N–H and O–H groups in total. The summed E-state index contributed by atoms with van der Waals surface area (Å²) in [7, 11) is 4.03. The smallest absolute Gasteiger partial charge is 0.188 e. The van der Waals surface area contributed by atoms with Gasteiger partial charge in [-0.25, -0.2) is 9.97 Å². The summed E-state index contributed by atoms with van der Waals surface area (Å²) in [5.41, 5.74) is 0. The summed E-state index contributed by atoms with van der Waals surface area (Å²) >= 11 is 1.49.